The van der Waals surface area contributed by atoms with Gasteiger partial charge in [-0.1, -0.05) is 28.9 Å². The molecule has 3 rings (SSSR count). The lowest BCUT2D eigenvalue weighted by molar-refractivity contribution is -0.0215. The van der Waals surface area contributed by atoms with Crippen LogP contribution >= 0.6 is 15.9 Å². The molecule has 0 amide bonds. The minimum Gasteiger partial charge on any atom is -0.383 e. The maximum Gasteiger partial charge on any atom is 0.169 e. The van der Waals surface area contributed by atoms with E-state index in [1.54, 1.807) is 0 Å². The van der Waals surface area contributed by atoms with Crippen LogP contribution in [0.3, 0.4) is 0 Å². The van der Waals surface area contributed by atoms with Crippen molar-refractivity contribution in [3.05, 3.63) is 34.9 Å². The van der Waals surface area contributed by atoms with E-state index >= 15 is 0 Å². The first kappa shape index (κ1) is 9.40. The molecule has 78 valence electrons. The molecular formula is C12H12BrNO. The molecule has 0 N–H and O–H groups in total. The van der Waals surface area contributed by atoms with E-state index in [0.29, 0.717) is 0 Å². The Hall–Kier alpha value is -0.830. The second kappa shape index (κ2) is 3.08. The Morgan fingerprint density at radius 3 is 3.07 bits per heavy atom. The summed E-state index contributed by atoms with van der Waals surface area (Å²) in [6, 6.07) is 6.61. The fraction of sp³-hybridized carbons (Fsp3) is 0.417. The van der Waals surface area contributed by atoms with Gasteiger partial charge in [0.05, 0.1) is 0 Å². The topological polar surface area (TPSA) is 21.6 Å². The zero-order valence-corrected chi connectivity index (χ0v) is 10.2. The standard InChI is InChI=1S/C12H12BrNO/c1-8-2-3-10-9(6-8)4-5-12(10)7-11(13)14-15-12/h2-3,6H,4-5,7H2,1H3/t12-/m1/s1. The predicted molar refractivity (Wildman–Crippen MR) is 63.2 cm³/mol. The fourth-order valence-corrected chi connectivity index (χ4v) is 3.09. The molecule has 2 aliphatic rings. The van der Waals surface area contributed by atoms with Crippen LogP contribution in [-0.2, 0) is 16.9 Å². The fourth-order valence-electron chi connectivity index (χ4n) is 2.56. The molecule has 0 saturated heterocycles. The number of oxime groups is 1. The highest BCUT2D eigenvalue weighted by molar-refractivity contribution is 9.18. The Morgan fingerprint density at radius 1 is 1.47 bits per heavy atom. The number of nitrogens with zero attached hydrogens (tertiary/aromatic N) is 1. The molecule has 0 bridgehead atoms. The molecule has 0 saturated carbocycles. The van der Waals surface area contributed by atoms with E-state index < -0.39 is 0 Å². The molecule has 0 aromatic heterocycles. The van der Waals surface area contributed by atoms with Gasteiger partial charge in [-0.05, 0) is 41.3 Å². The third-order valence-electron chi connectivity index (χ3n) is 3.30. The monoisotopic (exact) mass is 265 g/mol. The quantitative estimate of drug-likeness (QED) is 0.706. The molecule has 1 spiro atoms. The molecule has 15 heavy (non-hydrogen) atoms. The highest BCUT2D eigenvalue weighted by Gasteiger charge is 2.45. The maximum absolute atomic E-state index is 5.62. The van der Waals surface area contributed by atoms with Crippen LogP contribution in [0.25, 0.3) is 0 Å². The summed E-state index contributed by atoms with van der Waals surface area (Å²) in [5.74, 6) is 0. The molecular weight excluding hydrogens is 254 g/mol. The molecule has 0 fully saturated rings. The second-order valence-electron chi connectivity index (χ2n) is 4.39. The highest BCUT2D eigenvalue weighted by atomic mass is 79.9. The van der Waals surface area contributed by atoms with Gasteiger partial charge < -0.3 is 4.84 Å². The Labute approximate surface area is 97.4 Å². The van der Waals surface area contributed by atoms with Crippen LogP contribution < -0.4 is 0 Å². The van der Waals surface area contributed by atoms with Gasteiger partial charge >= 0.3 is 0 Å². The number of rotatable bonds is 0. The predicted octanol–water partition coefficient (Wildman–Crippen LogP) is 3.27. The zero-order valence-electron chi connectivity index (χ0n) is 8.59. The van der Waals surface area contributed by atoms with Crippen molar-refractivity contribution in [1.29, 1.82) is 0 Å². The van der Waals surface area contributed by atoms with E-state index in [4.69, 9.17) is 4.84 Å². The van der Waals surface area contributed by atoms with Crippen molar-refractivity contribution in [3.8, 4) is 0 Å². The summed E-state index contributed by atoms with van der Waals surface area (Å²) in [7, 11) is 0. The molecule has 0 radical (unpaired) electrons. The zero-order chi connectivity index (χ0) is 10.5. The van der Waals surface area contributed by atoms with Crippen LogP contribution in [0.4, 0.5) is 0 Å². The van der Waals surface area contributed by atoms with Crippen LogP contribution in [0.2, 0.25) is 0 Å². The van der Waals surface area contributed by atoms with Crippen molar-refractivity contribution in [3.63, 3.8) is 0 Å². The van der Waals surface area contributed by atoms with Crippen molar-refractivity contribution in [2.24, 2.45) is 5.16 Å². The summed E-state index contributed by atoms with van der Waals surface area (Å²) < 4.78 is 0.927. The Balaban J connectivity index is 2.06. The van der Waals surface area contributed by atoms with Gasteiger partial charge in [-0.3, -0.25) is 0 Å². The number of hydrogen-bond donors (Lipinski definition) is 0. The molecule has 1 aromatic rings. The van der Waals surface area contributed by atoms with Crippen molar-refractivity contribution < 1.29 is 4.84 Å². The van der Waals surface area contributed by atoms with E-state index in [1.165, 1.54) is 16.7 Å². The third kappa shape index (κ3) is 1.33. The van der Waals surface area contributed by atoms with Gasteiger partial charge in [0.25, 0.3) is 0 Å². The lowest BCUT2D eigenvalue weighted by Gasteiger charge is -2.21. The van der Waals surface area contributed by atoms with Gasteiger partial charge in [0, 0.05) is 12.0 Å². The van der Waals surface area contributed by atoms with E-state index in [-0.39, 0.29) is 5.60 Å². The first-order valence-electron chi connectivity index (χ1n) is 5.20. The molecule has 0 unspecified atom stereocenters. The van der Waals surface area contributed by atoms with Crippen molar-refractivity contribution in [2.75, 3.05) is 0 Å². The summed E-state index contributed by atoms with van der Waals surface area (Å²) in [6.45, 7) is 2.13. The maximum atomic E-state index is 5.62. The smallest absolute Gasteiger partial charge is 0.169 e. The lowest BCUT2D eigenvalue weighted by Crippen LogP contribution is -2.21. The summed E-state index contributed by atoms with van der Waals surface area (Å²) in [4.78, 5) is 5.62. The molecule has 1 heterocycles. The summed E-state index contributed by atoms with van der Waals surface area (Å²) in [5, 5.41) is 4.03. The number of halogens is 1. The van der Waals surface area contributed by atoms with E-state index in [9.17, 15) is 0 Å². The SMILES string of the molecule is Cc1ccc2c(c1)CC[C@@]21CC(Br)=NO1. The van der Waals surface area contributed by atoms with E-state index in [0.717, 1.165) is 23.9 Å². The molecule has 3 heteroatoms. The number of benzene rings is 1. The normalized spacial score (nSPS) is 27.7. The van der Waals surface area contributed by atoms with Crippen molar-refractivity contribution in [1.82, 2.24) is 0 Å². The van der Waals surface area contributed by atoms with E-state index in [2.05, 4.69) is 46.2 Å². The van der Waals surface area contributed by atoms with Gasteiger partial charge in [-0.2, -0.15) is 0 Å². The van der Waals surface area contributed by atoms with Gasteiger partial charge in [-0.25, -0.2) is 0 Å². The summed E-state index contributed by atoms with van der Waals surface area (Å²) in [5.41, 5.74) is 3.91. The second-order valence-corrected chi connectivity index (χ2v) is 5.31. The average Bonchev–Trinajstić information content (AvgIpc) is 2.73. The first-order valence-corrected chi connectivity index (χ1v) is 5.99. The number of hydrogen-bond acceptors (Lipinski definition) is 2. The number of fused-ring (bicyclic) bond motifs is 2. The number of aryl methyl sites for hydroxylation is 2. The van der Waals surface area contributed by atoms with Crippen molar-refractivity contribution >= 4 is 20.6 Å². The van der Waals surface area contributed by atoms with E-state index in [1.807, 2.05) is 0 Å². The lowest BCUT2D eigenvalue weighted by atomic mass is 9.93. The van der Waals surface area contributed by atoms with Crippen LogP contribution in [0, 0.1) is 6.92 Å². The molecule has 1 aliphatic heterocycles. The van der Waals surface area contributed by atoms with Crippen LogP contribution in [-0.4, -0.2) is 4.62 Å². The van der Waals surface area contributed by atoms with Crippen LogP contribution in [0.15, 0.2) is 23.4 Å². The highest BCUT2D eigenvalue weighted by Crippen LogP contribution is 2.46. The Bertz CT molecular complexity index is 455. The third-order valence-corrected chi connectivity index (χ3v) is 3.73. The van der Waals surface area contributed by atoms with Gasteiger partial charge in [-0.15, -0.1) is 0 Å². The largest absolute Gasteiger partial charge is 0.383 e. The van der Waals surface area contributed by atoms with Gasteiger partial charge in [0.15, 0.2) is 5.60 Å². The summed E-state index contributed by atoms with van der Waals surface area (Å²) in [6.07, 6.45) is 3.03. The Kier molecular flexibility index (Phi) is 1.93. The van der Waals surface area contributed by atoms with Gasteiger partial charge in [0.2, 0.25) is 0 Å². The van der Waals surface area contributed by atoms with Crippen LogP contribution in [0.1, 0.15) is 29.5 Å². The Morgan fingerprint density at radius 2 is 2.33 bits per heavy atom. The summed E-state index contributed by atoms with van der Waals surface area (Å²) >= 11 is 3.41. The van der Waals surface area contributed by atoms with Gasteiger partial charge in [0.1, 0.15) is 4.62 Å². The minimum atomic E-state index is -0.165. The van der Waals surface area contributed by atoms with Crippen LogP contribution in [0.5, 0.6) is 0 Å². The first-order chi connectivity index (χ1) is 7.20. The molecule has 2 nitrogen and oxygen atoms in total. The molecule has 1 atom stereocenters. The minimum absolute atomic E-state index is 0.165. The molecule has 1 aromatic carbocycles. The average molecular weight is 266 g/mol. The molecule has 1 aliphatic carbocycles. The van der Waals surface area contributed by atoms with Crippen molar-refractivity contribution in [2.45, 2.75) is 31.8 Å².